The summed E-state index contributed by atoms with van der Waals surface area (Å²) in [6.45, 7) is 4.69. The van der Waals surface area contributed by atoms with Crippen LogP contribution in [0, 0.1) is 5.41 Å². The Balaban J connectivity index is 2.18. The van der Waals surface area contributed by atoms with Crippen LogP contribution in [0.5, 0.6) is 5.75 Å². The van der Waals surface area contributed by atoms with E-state index in [1.807, 2.05) is 18.2 Å². The van der Waals surface area contributed by atoms with Crippen LogP contribution in [0.4, 0.5) is 0 Å². The summed E-state index contributed by atoms with van der Waals surface area (Å²) in [5.41, 5.74) is 8.10. The van der Waals surface area contributed by atoms with Gasteiger partial charge in [-0.1, -0.05) is 31.9 Å². The summed E-state index contributed by atoms with van der Waals surface area (Å²) in [4.78, 5) is 0. The van der Waals surface area contributed by atoms with Crippen molar-refractivity contribution in [1.29, 1.82) is 0 Å². The molecule has 112 valence electrons. The van der Waals surface area contributed by atoms with Gasteiger partial charge in [0.1, 0.15) is 5.75 Å². The Morgan fingerprint density at radius 1 is 1.20 bits per heavy atom. The third-order valence-corrected chi connectivity index (χ3v) is 4.85. The first-order valence-corrected chi connectivity index (χ1v) is 7.83. The third-order valence-electron chi connectivity index (χ3n) is 4.61. The Bertz CT molecular complexity index is 472. The maximum Gasteiger partial charge on any atom is 0.122 e. The van der Waals surface area contributed by atoms with Gasteiger partial charge in [-0.2, -0.15) is 0 Å². The van der Waals surface area contributed by atoms with Gasteiger partial charge in [-0.05, 0) is 61.3 Å². The number of methoxy groups -OCH3 is 1. The zero-order valence-electron chi connectivity index (χ0n) is 12.8. The van der Waals surface area contributed by atoms with Crippen molar-refractivity contribution in [3.8, 4) is 5.75 Å². The van der Waals surface area contributed by atoms with Crippen LogP contribution in [-0.4, -0.2) is 12.6 Å². The molecule has 0 radical (unpaired) electrons. The first-order chi connectivity index (χ1) is 9.34. The molecule has 1 aromatic rings. The summed E-state index contributed by atoms with van der Waals surface area (Å²) in [6.07, 6.45) is 6.63. The Labute approximate surface area is 127 Å². The molecule has 0 aliphatic heterocycles. The van der Waals surface area contributed by atoms with Gasteiger partial charge in [0.25, 0.3) is 0 Å². The summed E-state index contributed by atoms with van der Waals surface area (Å²) >= 11 is 6.12. The standard InChI is InChI=1S/C17H26ClNO/c1-16(2)7-4-8-17(19,10-9-16)12-13-11-14(18)5-6-15(13)20-3/h5-6,11H,4,7-10,12,19H2,1-3H3. The van der Waals surface area contributed by atoms with Gasteiger partial charge >= 0.3 is 0 Å². The second-order valence-corrected chi connectivity index (χ2v) is 7.45. The molecule has 1 aliphatic carbocycles. The van der Waals surface area contributed by atoms with Crippen LogP contribution >= 0.6 is 11.6 Å². The number of nitrogens with two attached hydrogens (primary N) is 1. The van der Waals surface area contributed by atoms with Gasteiger partial charge in [0.15, 0.2) is 0 Å². The first kappa shape index (κ1) is 15.7. The molecule has 2 nitrogen and oxygen atoms in total. The van der Waals surface area contributed by atoms with Crippen molar-refractivity contribution in [2.45, 2.75) is 57.9 Å². The Hall–Kier alpha value is -0.730. The van der Waals surface area contributed by atoms with Crippen LogP contribution in [0.25, 0.3) is 0 Å². The fourth-order valence-corrected chi connectivity index (χ4v) is 3.39. The van der Waals surface area contributed by atoms with Crippen LogP contribution in [0.1, 0.15) is 51.5 Å². The molecule has 1 unspecified atom stereocenters. The fraction of sp³-hybridized carbons (Fsp3) is 0.647. The molecule has 2 rings (SSSR count). The van der Waals surface area contributed by atoms with E-state index in [0.717, 1.165) is 35.6 Å². The van der Waals surface area contributed by atoms with Gasteiger partial charge < -0.3 is 10.5 Å². The van der Waals surface area contributed by atoms with Gasteiger partial charge in [-0.25, -0.2) is 0 Å². The highest BCUT2D eigenvalue weighted by Gasteiger charge is 2.33. The first-order valence-electron chi connectivity index (χ1n) is 7.45. The molecule has 0 heterocycles. The Morgan fingerprint density at radius 2 is 1.95 bits per heavy atom. The van der Waals surface area contributed by atoms with Gasteiger partial charge in [0, 0.05) is 10.6 Å². The highest BCUT2D eigenvalue weighted by atomic mass is 35.5. The summed E-state index contributed by atoms with van der Waals surface area (Å²) in [5.74, 6) is 0.891. The van der Waals surface area contributed by atoms with E-state index in [4.69, 9.17) is 22.1 Å². The smallest absolute Gasteiger partial charge is 0.122 e. The van der Waals surface area contributed by atoms with Crippen molar-refractivity contribution in [3.05, 3.63) is 28.8 Å². The Morgan fingerprint density at radius 3 is 2.65 bits per heavy atom. The lowest BCUT2D eigenvalue weighted by Gasteiger charge is -2.30. The summed E-state index contributed by atoms with van der Waals surface area (Å²) in [5, 5.41) is 0.748. The summed E-state index contributed by atoms with van der Waals surface area (Å²) in [6, 6.07) is 5.79. The normalized spacial score (nSPS) is 26.1. The topological polar surface area (TPSA) is 35.2 Å². The minimum Gasteiger partial charge on any atom is -0.496 e. The van der Waals surface area contributed by atoms with Crippen molar-refractivity contribution in [2.75, 3.05) is 7.11 Å². The lowest BCUT2D eigenvalue weighted by molar-refractivity contribution is 0.296. The van der Waals surface area contributed by atoms with E-state index in [1.165, 1.54) is 19.3 Å². The van der Waals surface area contributed by atoms with Crippen molar-refractivity contribution < 1.29 is 4.74 Å². The largest absolute Gasteiger partial charge is 0.496 e. The van der Waals surface area contributed by atoms with E-state index in [1.54, 1.807) is 7.11 Å². The fourth-order valence-electron chi connectivity index (χ4n) is 3.20. The van der Waals surface area contributed by atoms with Crippen molar-refractivity contribution in [1.82, 2.24) is 0 Å². The minimum atomic E-state index is -0.133. The molecule has 1 aromatic carbocycles. The van der Waals surface area contributed by atoms with E-state index in [-0.39, 0.29) is 5.54 Å². The molecule has 1 atom stereocenters. The highest BCUT2D eigenvalue weighted by Crippen LogP contribution is 2.39. The average Bonchev–Trinajstić information content (AvgIpc) is 2.49. The van der Waals surface area contributed by atoms with Gasteiger partial charge in [-0.15, -0.1) is 0 Å². The van der Waals surface area contributed by atoms with E-state index >= 15 is 0 Å². The van der Waals surface area contributed by atoms with Gasteiger partial charge in [0.05, 0.1) is 7.11 Å². The predicted molar refractivity (Wildman–Crippen MR) is 85.5 cm³/mol. The van der Waals surface area contributed by atoms with Crippen LogP contribution < -0.4 is 10.5 Å². The van der Waals surface area contributed by atoms with Crippen LogP contribution in [0.2, 0.25) is 5.02 Å². The number of hydrogen-bond acceptors (Lipinski definition) is 2. The maximum absolute atomic E-state index is 6.69. The van der Waals surface area contributed by atoms with Crippen molar-refractivity contribution >= 4 is 11.6 Å². The number of halogens is 1. The average molecular weight is 296 g/mol. The third kappa shape index (κ3) is 3.89. The number of rotatable bonds is 3. The minimum absolute atomic E-state index is 0.133. The lowest BCUT2D eigenvalue weighted by Crippen LogP contribution is -2.41. The molecule has 0 spiro atoms. The predicted octanol–water partition coefficient (Wildman–Crippen LogP) is 4.58. The summed E-state index contributed by atoms with van der Waals surface area (Å²) < 4.78 is 5.44. The van der Waals surface area contributed by atoms with Crippen molar-refractivity contribution in [3.63, 3.8) is 0 Å². The number of hydrogen-bond donors (Lipinski definition) is 1. The SMILES string of the molecule is COc1ccc(Cl)cc1CC1(N)CCCC(C)(C)CC1. The molecule has 20 heavy (non-hydrogen) atoms. The van der Waals surface area contributed by atoms with E-state index in [9.17, 15) is 0 Å². The summed E-state index contributed by atoms with van der Waals surface area (Å²) in [7, 11) is 1.70. The molecule has 0 saturated heterocycles. The molecule has 0 bridgehead atoms. The van der Waals surface area contributed by atoms with Crippen molar-refractivity contribution in [2.24, 2.45) is 11.1 Å². The molecule has 1 fully saturated rings. The zero-order chi connectivity index (χ0) is 14.8. The lowest BCUT2D eigenvalue weighted by atomic mass is 9.81. The molecular formula is C17H26ClNO. The van der Waals surface area contributed by atoms with Crippen LogP contribution in [0.15, 0.2) is 18.2 Å². The second-order valence-electron chi connectivity index (χ2n) is 7.01. The number of ether oxygens (including phenoxy) is 1. The van der Waals surface area contributed by atoms with Crippen LogP contribution in [-0.2, 0) is 6.42 Å². The van der Waals surface area contributed by atoms with Gasteiger partial charge in [-0.3, -0.25) is 0 Å². The molecule has 2 N–H and O–H groups in total. The second kappa shape index (κ2) is 5.95. The van der Waals surface area contributed by atoms with E-state index in [0.29, 0.717) is 5.41 Å². The molecule has 1 aliphatic rings. The molecule has 0 aromatic heterocycles. The van der Waals surface area contributed by atoms with E-state index < -0.39 is 0 Å². The van der Waals surface area contributed by atoms with E-state index in [2.05, 4.69) is 13.8 Å². The molecule has 1 saturated carbocycles. The maximum atomic E-state index is 6.69. The Kier molecular flexibility index (Phi) is 4.66. The zero-order valence-corrected chi connectivity index (χ0v) is 13.6. The van der Waals surface area contributed by atoms with Crippen LogP contribution in [0.3, 0.4) is 0 Å². The number of benzene rings is 1. The monoisotopic (exact) mass is 295 g/mol. The molecule has 0 amide bonds. The van der Waals surface area contributed by atoms with Gasteiger partial charge in [0.2, 0.25) is 0 Å². The highest BCUT2D eigenvalue weighted by molar-refractivity contribution is 6.30. The quantitative estimate of drug-likeness (QED) is 0.829. The molecular weight excluding hydrogens is 270 g/mol. The molecule has 3 heteroatoms.